The van der Waals surface area contributed by atoms with E-state index < -0.39 is 0 Å². The van der Waals surface area contributed by atoms with E-state index in [4.69, 9.17) is 11.5 Å². The smallest absolute Gasteiger partial charge is 0.255 e. The predicted octanol–water partition coefficient (Wildman–Crippen LogP) is 0.542. The summed E-state index contributed by atoms with van der Waals surface area (Å²) in [6.07, 6.45) is 7.00. The number of hydrogen-bond donors (Lipinski definition) is 3. The zero-order chi connectivity index (χ0) is 26.3. The van der Waals surface area contributed by atoms with Crippen molar-refractivity contribution in [3.05, 3.63) is 53.6 Å². The maximum atomic E-state index is 12.1. The number of piperidine rings is 1. The minimum Gasteiger partial charge on any atom is -0.380 e. The Morgan fingerprint density at radius 3 is 2.32 bits per heavy atom. The summed E-state index contributed by atoms with van der Waals surface area (Å²) >= 11 is 0. The molecule has 3 aromatic heterocycles. The Hall–Kier alpha value is -4.48. The molecule has 3 aliphatic rings. The molecule has 37 heavy (non-hydrogen) atoms. The van der Waals surface area contributed by atoms with Gasteiger partial charge in [0.15, 0.2) is 0 Å². The monoisotopic (exact) mass is 502 g/mol. The lowest BCUT2D eigenvalue weighted by atomic mass is 9.94. The van der Waals surface area contributed by atoms with Crippen molar-refractivity contribution in [1.29, 1.82) is 0 Å². The molecule has 6 heterocycles. The van der Waals surface area contributed by atoms with Gasteiger partial charge in [0.05, 0.1) is 34.3 Å². The molecule has 0 spiro atoms. The van der Waals surface area contributed by atoms with Gasteiger partial charge in [-0.1, -0.05) is 0 Å². The van der Waals surface area contributed by atoms with E-state index in [0.29, 0.717) is 0 Å². The maximum Gasteiger partial charge on any atom is 0.255 e. The Bertz CT molecular complexity index is 1400. The molecule has 2 unspecified atom stereocenters. The highest BCUT2D eigenvalue weighted by Crippen LogP contribution is 2.30. The lowest BCUT2D eigenvalue weighted by Crippen LogP contribution is -2.47. The van der Waals surface area contributed by atoms with Gasteiger partial charge in [0.25, 0.3) is 5.91 Å². The van der Waals surface area contributed by atoms with Crippen LogP contribution in [0.3, 0.4) is 0 Å². The molecule has 3 aliphatic heterocycles. The molecule has 3 aromatic rings. The minimum absolute atomic E-state index is 0.0603. The van der Waals surface area contributed by atoms with Crippen LogP contribution in [0.25, 0.3) is 17.1 Å². The van der Waals surface area contributed by atoms with Crippen molar-refractivity contribution in [3.8, 4) is 11.4 Å². The number of aromatic nitrogens is 5. The second-order valence-corrected chi connectivity index (χ2v) is 9.43. The highest BCUT2D eigenvalue weighted by molar-refractivity contribution is 5.97. The van der Waals surface area contributed by atoms with Gasteiger partial charge in [-0.25, -0.2) is 19.9 Å². The Morgan fingerprint density at radius 2 is 1.62 bits per heavy atom. The van der Waals surface area contributed by atoms with Crippen molar-refractivity contribution in [3.63, 3.8) is 0 Å². The fourth-order valence-electron chi connectivity index (χ4n) is 4.98. The number of nitrogens with one attached hydrogen (secondary N) is 1. The number of nitrogens with two attached hydrogens (primary N) is 2. The van der Waals surface area contributed by atoms with Crippen LogP contribution < -0.4 is 16.8 Å². The summed E-state index contributed by atoms with van der Waals surface area (Å²) in [4.78, 5) is 43.8. The molecular formula is C25H30N10O2. The van der Waals surface area contributed by atoms with Gasteiger partial charge in [0.2, 0.25) is 17.8 Å². The number of likely N-dealkylation sites (tertiary alicyclic amines) is 1. The number of nitrogen functional groups attached to an aromatic ring is 2. The van der Waals surface area contributed by atoms with E-state index in [1.54, 1.807) is 34.3 Å². The van der Waals surface area contributed by atoms with Crippen molar-refractivity contribution >= 4 is 29.4 Å². The number of carbonyl (C=O) groups is 2. The first-order valence-electron chi connectivity index (χ1n) is 12.1. The number of nitrogens with zero attached hydrogens (tertiary/aromatic N) is 7. The highest BCUT2D eigenvalue weighted by Gasteiger charge is 2.38. The van der Waals surface area contributed by atoms with Gasteiger partial charge >= 0.3 is 0 Å². The summed E-state index contributed by atoms with van der Waals surface area (Å²) in [7, 11) is 5.61. The SMILES string of the molecule is CN1CCC2NC(c3ccnc(N)n3)=CC2C1=O.CN1CCc2c(cc(-c3ccnc(N)n3)n2C)C1=O. The molecule has 12 nitrogen and oxygen atoms in total. The molecule has 1 saturated heterocycles. The molecule has 5 N–H and O–H groups in total. The average Bonchev–Trinajstić information content (AvgIpc) is 3.47. The summed E-state index contributed by atoms with van der Waals surface area (Å²) in [5.41, 5.74) is 16.2. The first kappa shape index (κ1) is 24.2. The fourth-order valence-corrected chi connectivity index (χ4v) is 4.98. The number of hydrogen-bond acceptors (Lipinski definition) is 9. The summed E-state index contributed by atoms with van der Waals surface area (Å²) in [6, 6.07) is 5.65. The van der Waals surface area contributed by atoms with E-state index in [9.17, 15) is 9.59 Å². The third-order valence-corrected chi connectivity index (χ3v) is 7.06. The number of fused-ring (bicyclic) bond motifs is 2. The zero-order valence-electron chi connectivity index (χ0n) is 21.0. The summed E-state index contributed by atoms with van der Waals surface area (Å²) in [5.74, 6) is 0.615. The number of rotatable bonds is 2. The minimum atomic E-state index is -0.0880. The molecule has 2 amide bonds. The summed E-state index contributed by atoms with van der Waals surface area (Å²) in [5, 5.41) is 3.36. The van der Waals surface area contributed by atoms with Crippen molar-refractivity contribution in [1.82, 2.24) is 39.6 Å². The van der Waals surface area contributed by atoms with Crippen LogP contribution in [0.15, 0.2) is 36.7 Å². The van der Waals surface area contributed by atoms with Gasteiger partial charge in [-0.15, -0.1) is 0 Å². The quantitative estimate of drug-likeness (QED) is 0.454. The van der Waals surface area contributed by atoms with Crippen molar-refractivity contribution in [2.24, 2.45) is 13.0 Å². The van der Waals surface area contributed by atoms with Crippen LogP contribution in [-0.4, -0.2) is 79.3 Å². The number of carbonyl (C=O) groups excluding carboxylic acids is 2. The van der Waals surface area contributed by atoms with Gasteiger partial charge < -0.3 is 31.2 Å². The topological polar surface area (TPSA) is 161 Å². The van der Waals surface area contributed by atoms with Crippen LogP contribution >= 0.6 is 0 Å². The van der Waals surface area contributed by atoms with Crippen LogP contribution in [-0.2, 0) is 18.3 Å². The first-order chi connectivity index (χ1) is 17.7. The maximum absolute atomic E-state index is 12.1. The van der Waals surface area contributed by atoms with E-state index in [0.717, 1.165) is 60.0 Å². The Kier molecular flexibility index (Phi) is 6.24. The Morgan fingerprint density at radius 1 is 0.946 bits per heavy atom. The van der Waals surface area contributed by atoms with Crippen LogP contribution in [0, 0.1) is 5.92 Å². The van der Waals surface area contributed by atoms with E-state index >= 15 is 0 Å². The molecule has 6 rings (SSSR count). The van der Waals surface area contributed by atoms with E-state index in [2.05, 4.69) is 25.3 Å². The normalized spacial score (nSPS) is 20.5. The third kappa shape index (κ3) is 4.57. The molecule has 2 atom stereocenters. The lowest BCUT2D eigenvalue weighted by Gasteiger charge is -2.31. The van der Waals surface area contributed by atoms with E-state index in [1.807, 2.05) is 37.9 Å². The van der Waals surface area contributed by atoms with Crippen LogP contribution in [0.4, 0.5) is 11.9 Å². The van der Waals surface area contributed by atoms with Gasteiger partial charge in [-0.3, -0.25) is 9.59 Å². The molecule has 0 bridgehead atoms. The van der Waals surface area contributed by atoms with E-state index in [1.165, 1.54) is 0 Å². The van der Waals surface area contributed by atoms with Gasteiger partial charge in [0.1, 0.15) is 0 Å². The molecule has 0 saturated carbocycles. The van der Waals surface area contributed by atoms with Gasteiger partial charge in [0, 0.05) is 64.8 Å². The number of anilines is 2. The third-order valence-electron chi connectivity index (χ3n) is 7.06. The molecule has 0 aromatic carbocycles. The number of likely N-dealkylation sites (N-methyl/N-ethyl adjacent to an activating group) is 1. The van der Waals surface area contributed by atoms with Gasteiger partial charge in [-0.2, -0.15) is 0 Å². The summed E-state index contributed by atoms with van der Waals surface area (Å²) in [6.45, 7) is 1.54. The zero-order valence-corrected chi connectivity index (χ0v) is 21.0. The fraction of sp³-hybridized carbons (Fsp3) is 0.360. The van der Waals surface area contributed by atoms with Crippen LogP contribution in [0.1, 0.15) is 28.2 Å². The Labute approximate surface area is 214 Å². The van der Waals surface area contributed by atoms with Crippen molar-refractivity contribution in [2.45, 2.75) is 18.9 Å². The predicted molar refractivity (Wildman–Crippen MR) is 139 cm³/mol. The molecule has 12 heteroatoms. The van der Waals surface area contributed by atoms with Crippen LogP contribution in [0.5, 0.6) is 0 Å². The number of amides is 2. The standard InChI is InChI=1S/C13H15N5O.C12H15N5O/c1-17-6-4-10-8(12(17)19)7-11(18(10)2)9-3-5-15-13(14)16-9;1-17-5-3-8-7(11(17)18)6-10(15-8)9-2-4-14-12(13)16-9/h3,5,7H,4,6H2,1-2H3,(H2,14,15,16);2,4,6-8,15H,3,5H2,1H3,(H2,13,14,16). The largest absolute Gasteiger partial charge is 0.380 e. The second-order valence-electron chi connectivity index (χ2n) is 9.43. The lowest BCUT2D eigenvalue weighted by molar-refractivity contribution is -0.135. The second kappa shape index (κ2) is 9.52. The molecule has 0 radical (unpaired) electrons. The average molecular weight is 503 g/mol. The molecule has 0 aliphatic carbocycles. The van der Waals surface area contributed by atoms with E-state index in [-0.39, 0.29) is 35.7 Å². The summed E-state index contributed by atoms with van der Waals surface area (Å²) < 4.78 is 2.02. The highest BCUT2D eigenvalue weighted by atomic mass is 16.2. The van der Waals surface area contributed by atoms with Crippen molar-refractivity contribution < 1.29 is 9.59 Å². The van der Waals surface area contributed by atoms with Crippen LogP contribution in [0.2, 0.25) is 0 Å². The van der Waals surface area contributed by atoms with Crippen molar-refractivity contribution in [2.75, 3.05) is 38.7 Å². The Balaban J connectivity index is 0.000000152. The molecule has 1 fully saturated rings. The van der Waals surface area contributed by atoms with Gasteiger partial charge in [-0.05, 0) is 30.7 Å². The molecule has 192 valence electrons. The first-order valence-corrected chi connectivity index (χ1v) is 12.1. The molecular weight excluding hydrogens is 472 g/mol.